The molecule has 0 saturated carbocycles. The van der Waals surface area contributed by atoms with Gasteiger partial charge in [-0.2, -0.15) is 0 Å². The zero-order valence-electron chi connectivity index (χ0n) is 14.7. The molecule has 2 aromatic carbocycles. The third-order valence-corrected chi connectivity index (χ3v) is 7.00. The van der Waals surface area contributed by atoms with Crippen molar-refractivity contribution in [3.05, 3.63) is 70.7 Å². The van der Waals surface area contributed by atoms with Crippen molar-refractivity contribution in [3.63, 3.8) is 0 Å². The van der Waals surface area contributed by atoms with E-state index >= 15 is 0 Å². The number of aromatic nitrogens is 1. The Morgan fingerprint density at radius 3 is 2.22 bits per heavy atom. The van der Waals surface area contributed by atoms with E-state index in [1.54, 1.807) is 6.20 Å². The maximum Gasteiger partial charge on any atom is 0.177 e. The van der Waals surface area contributed by atoms with Crippen LogP contribution in [0.4, 0.5) is 5.69 Å². The molecule has 0 aliphatic carbocycles. The van der Waals surface area contributed by atoms with Crippen molar-refractivity contribution in [1.29, 1.82) is 0 Å². The smallest absolute Gasteiger partial charge is 0.177 e. The first-order valence-electron chi connectivity index (χ1n) is 7.91. The fourth-order valence-corrected chi connectivity index (χ4v) is 4.93. The number of sulfone groups is 2. The highest BCUT2D eigenvalue weighted by atomic mass is 32.2. The maximum absolute atomic E-state index is 12.3. The van der Waals surface area contributed by atoms with Gasteiger partial charge in [-0.3, -0.25) is 0 Å². The van der Waals surface area contributed by atoms with Crippen LogP contribution in [-0.2, 0) is 19.7 Å². The second-order valence-electron chi connectivity index (χ2n) is 6.06. The van der Waals surface area contributed by atoms with E-state index in [4.69, 9.17) is 0 Å². The van der Waals surface area contributed by atoms with Gasteiger partial charge in [0, 0.05) is 24.1 Å². The summed E-state index contributed by atoms with van der Waals surface area (Å²) in [4.78, 5) is 4.24. The number of anilines is 1. The standard InChI is InChI=1S/C18H18N2O4S3/c1-26(21,22)14-8-9-15(16(12-14)27(2,23)24)20-17(18-19-10-11-25-18)13-6-4-3-5-7-13/h3-12,17,20H,1-2H3. The summed E-state index contributed by atoms with van der Waals surface area (Å²) in [5.41, 5.74) is 1.24. The lowest BCUT2D eigenvalue weighted by Crippen LogP contribution is -2.15. The molecule has 0 aliphatic rings. The normalized spacial score (nSPS) is 13.3. The van der Waals surface area contributed by atoms with E-state index in [1.165, 1.54) is 29.5 Å². The summed E-state index contributed by atoms with van der Waals surface area (Å²) in [6, 6.07) is 13.2. The Morgan fingerprint density at radius 1 is 0.963 bits per heavy atom. The monoisotopic (exact) mass is 422 g/mol. The molecule has 0 aliphatic heterocycles. The van der Waals surface area contributed by atoms with Crippen LogP contribution >= 0.6 is 11.3 Å². The molecule has 0 saturated heterocycles. The SMILES string of the molecule is CS(=O)(=O)c1ccc(NC(c2ccccc2)c2nccs2)c(S(C)(=O)=O)c1. The quantitative estimate of drug-likeness (QED) is 0.656. The van der Waals surface area contributed by atoms with Gasteiger partial charge in [0.05, 0.1) is 15.5 Å². The predicted octanol–water partition coefficient (Wildman–Crippen LogP) is 3.15. The first kappa shape index (κ1) is 19.5. The third-order valence-electron chi connectivity index (χ3n) is 3.91. The second kappa shape index (κ2) is 7.41. The average Bonchev–Trinajstić information content (AvgIpc) is 3.13. The number of hydrogen-bond acceptors (Lipinski definition) is 7. The van der Waals surface area contributed by atoms with Crippen molar-refractivity contribution in [2.24, 2.45) is 0 Å². The van der Waals surface area contributed by atoms with Crippen LogP contribution in [0.2, 0.25) is 0 Å². The van der Waals surface area contributed by atoms with Gasteiger partial charge in [-0.1, -0.05) is 30.3 Å². The lowest BCUT2D eigenvalue weighted by molar-refractivity contribution is 0.600. The van der Waals surface area contributed by atoms with Gasteiger partial charge < -0.3 is 5.32 Å². The number of hydrogen-bond donors (Lipinski definition) is 1. The van der Waals surface area contributed by atoms with E-state index in [9.17, 15) is 16.8 Å². The summed E-state index contributed by atoms with van der Waals surface area (Å²) in [7, 11) is -7.19. The van der Waals surface area contributed by atoms with Crippen LogP contribution < -0.4 is 5.32 Å². The summed E-state index contributed by atoms with van der Waals surface area (Å²) in [5, 5.41) is 5.84. The maximum atomic E-state index is 12.3. The van der Waals surface area contributed by atoms with Crippen LogP contribution in [0.5, 0.6) is 0 Å². The highest BCUT2D eigenvalue weighted by molar-refractivity contribution is 7.91. The zero-order chi connectivity index (χ0) is 19.7. The molecule has 1 atom stereocenters. The fraction of sp³-hybridized carbons (Fsp3) is 0.167. The van der Waals surface area contributed by atoms with Crippen LogP contribution in [0.3, 0.4) is 0 Å². The molecule has 3 aromatic rings. The van der Waals surface area contributed by atoms with Crippen LogP contribution in [0.15, 0.2) is 69.9 Å². The molecule has 0 amide bonds. The Morgan fingerprint density at radius 2 is 1.67 bits per heavy atom. The Balaban J connectivity index is 2.12. The zero-order valence-corrected chi connectivity index (χ0v) is 17.1. The molecule has 0 spiro atoms. The molecule has 27 heavy (non-hydrogen) atoms. The summed E-state index contributed by atoms with van der Waals surface area (Å²) in [6.45, 7) is 0. The molecule has 9 heteroatoms. The molecule has 0 radical (unpaired) electrons. The minimum absolute atomic E-state index is 0.0426. The number of nitrogens with one attached hydrogen (secondary N) is 1. The Bertz CT molecular complexity index is 1140. The van der Waals surface area contributed by atoms with Gasteiger partial charge in [0.15, 0.2) is 19.7 Å². The topological polar surface area (TPSA) is 93.2 Å². The van der Waals surface area contributed by atoms with E-state index in [0.29, 0.717) is 5.69 Å². The summed E-state index contributed by atoms with van der Waals surface area (Å²) in [5.74, 6) is 0. The number of nitrogens with zero attached hydrogens (tertiary/aromatic N) is 1. The van der Waals surface area contributed by atoms with Gasteiger partial charge in [-0.25, -0.2) is 21.8 Å². The van der Waals surface area contributed by atoms with Gasteiger partial charge in [0.25, 0.3) is 0 Å². The Labute approximate surface area is 162 Å². The third kappa shape index (κ3) is 4.55. The van der Waals surface area contributed by atoms with Gasteiger partial charge >= 0.3 is 0 Å². The van der Waals surface area contributed by atoms with E-state index < -0.39 is 19.7 Å². The van der Waals surface area contributed by atoms with Crippen molar-refractivity contribution in [3.8, 4) is 0 Å². The first-order valence-corrected chi connectivity index (χ1v) is 12.6. The molecule has 0 bridgehead atoms. The van der Waals surface area contributed by atoms with Crippen molar-refractivity contribution < 1.29 is 16.8 Å². The molecule has 1 unspecified atom stereocenters. The van der Waals surface area contributed by atoms with E-state index in [-0.39, 0.29) is 15.8 Å². The first-order chi connectivity index (χ1) is 12.7. The van der Waals surface area contributed by atoms with Crippen molar-refractivity contribution in [1.82, 2.24) is 4.98 Å². The number of benzene rings is 2. The molecule has 1 aromatic heterocycles. The van der Waals surface area contributed by atoms with E-state index in [2.05, 4.69) is 10.3 Å². The van der Waals surface area contributed by atoms with Crippen LogP contribution in [0.1, 0.15) is 16.6 Å². The minimum atomic E-state index is -3.66. The van der Waals surface area contributed by atoms with Crippen molar-refractivity contribution in [2.75, 3.05) is 17.8 Å². The van der Waals surface area contributed by atoms with Crippen LogP contribution in [0.25, 0.3) is 0 Å². The number of thiazole rings is 1. The summed E-state index contributed by atoms with van der Waals surface area (Å²) in [6.07, 6.45) is 3.78. The van der Waals surface area contributed by atoms with Gasteiger partial charge in [-0.05, 0) is 23.8 Å². The van der Waals surface area contributed by atoms with E-state index in [0.717, 1.165) is 23.1 Å². The van der Waals surface area contributed by atoms with Crippen molar-refractivity contribution in [2.45, 2.75) is 15.8 Å². The molecule has 1 N–H and O–H groups in total. The highest BCUT2D eigenvalue weighted by Crippen LogP contribution is 2.32. The molecule has 3 rings (SSSR count). The lowest BCUT2D eigenvalue weighted by atomic mass is 10.1. The van der Waals surface area contributed by atoms with Gasteiger partial charge in [-0.15, -0.1) is 11.3 Å². The van der Waals surface area contributed by atoms with Crippen molar-refractivity contribution >= 4 is 36.7 Å². The number of rotatable bonds is 6. The fourth-order valence-electron chi connectivity index (χ4n) is 2.62. The average molecular weight is 423 g/mol. The molecule has 6 nitrogen and oxygen atoms in total. The minimum Gasteiger partial charge on any atom is -0.371 e. The van der Waals surface area contributed by atoms with Gasteiger partial charge in [0.1, 0.15) is 11.0 Å². The largest absolute Gasteiger partial charge is 0.371 e. The molecule has 0 fully saturated rings. The van der Waals surface area contributed by atoms with E-state index in [1.807, 2.05) is 35.7 Å². The highest BCUT2D eigenvalue weighted by Gasteiger charge is 2.22. The predicted molar refractivity (Wildman–Crippen MR) is 107 cm³/mol. The summed E-state index contributed by atoms with van der Waals surface area (Å²) >= 11 is 1.45. The molecular weight excluding hydrogens is 404 g/mol. The summed E-state index contributed by atoms with van der Waals surface area (Å²) < 4.78 is 48.2. The molecule has 1 heterocycles. The second-order valence-corrected chi connectivity index (χ2v) is 11.0. The van der Waals surface area contributed by atoms with Gasteiger partial charge in [0.2, 0.25) is 0 Å². The Hall–Kier alpha value is -2.23. The Kier molecular flexibility index (Phi) is 5.36. The van der Waals surface area contributed by atoms with Crippen LogP contribution in [-0.4, -0.2) is 34.3 Å². The molecule has 142 valence electrons. The lowest BCUT2D eigenvalue weighted by Gasteiger charge is -2.20. The molecular formula is C18H18N2O4S3. The van der Waals surface area contributed by atoms with Crippen LogP contribution in [0, 0.1) is 0 Å².